The van der Waals surface area contributed by atoms with Crippen molar-refractivity contribution in [3.63, 3.8) is 0 Å². The summed E-state index contributed by atoms with van der Waals surface area (Å²) in [7, 11) is 2.55. The SMILES string of the molecule is COC(=O)C(C(=O)OC)[C@@H](C)[C@@H](NC(=O)c1ccc(CP(=O)(OC)OC)cc1)C(=O)OC. The van der Waals surface area contributed by atoms with Gasteiger partial charge in [-0.05, 0) is 17.7 Å². The van der Waals surface area contributed by atoms with Gasteiger partial charge in [0, 0.05) is 25.7 Å². The predicted octanol–water partition coefficient (Wildman–Crippen LogP) is 1.54. The van der Waals surface area contributed by atoms with Crippen LogP contribution in [0, 0.1) is 11.8 Å². The topological polar surface area (TPSA) is 144 Å². The highest BCUT2D eigenvalue weighted by Gasteiger charge is 2.42. The Morgan fingerprint density at radius 2 is 1.31 bits per heavy atom. The van der Waals surface area contributed by atoms with Crippen LogP contribution in [-0.4, -0.2) is 65.4 Å². The van der Waals surface area contributed by atoms with Gasteiger partial charge in [0.05, 0.1) is 27.5 Å². The summed E-state index contributed by atoms with van der Waals surface area (Å²) in [5.74, 6) is -5.86. The highest BCUT2D eigenvalue weighted by molar-refractivity contribution is 7.52. The van der Waals surface area contributed by atoms with Crippen molar-refractivity contribution in [2.24, 2.45) is 11.8 Å². The number of hydrogen-bond donors (Lipinski definition) is 1. The molecule has 1 aromatic carbocycles. The van der Waals surface area contributed by atoms with Gasteiger partial charge in [0.15, 0.2) is 5.92 Å². The smallest absolute Gasteiger partial charge is 0.334 e. The van der Waals surface area contributed by atoms with E-state index in [0.717, 1.165) is 21.3 Å². The third-order valence-electron chi connectivity index (χ3n) is 4.85. The maximum absolute atomic E-state index is 12.7. The van der Waals surface area contributed by atoms with E-state index in [0.29, 0.717) is 5.56 Å². The van der Waals surface area contributed by atoms with E-state index >= 15 is 0 Å². The Hall–Kier alpha value is -2.75. The van der Waals surface area contributed by atoms with Crippen molar-refractivity contribution >= 4 is 31.4 Å². The molecule has 0 radical (unpaired) electrons. The minimum Gasteiger partial charge on any atom is -0.468 e. The van der Waals surface area contributed by atoms with Crippen LogP contribution in [0.5, 0.6) is 0 Å². The summed E-state index contributed by atoms with van der Waals surface area (Å²) < 4.78 is 36.0. The number of benzene rings is 1. The summed E-state index contributed by atoms with van der Waals surface area (Å²) in [4.78, 5) is 49.2. The average Bonchev–Trinajstić information content (AvgIpc) is 2.81. The number of carbonyl (C=O) groups is 4. The monoisotopic (exact) mass is 473 g/mol. The molecule has 0 saturated carbocycles. The second-order valence-electron chi connectivity index (χ2n) is 6.69. The third-order valence-corrected chi connectivity index (χ3v) is 6.72. The molecule has 0 aliphatic heterocycles. The third kappa shape index (κ3) is 6.88. The zero-order valence-electron chi connectivity index (χ0n) is 18.8. The first kappa shape index (κ1) is 27.3. The van der Waals surface area contributed by atoms with E-state index < -0.39 is 49.3 Å². The standard InChI is InChI=1S/C20H28NO10P/c1-12(15(18(23)27-2)19(24)28-3)16(20(25)29-4)21-17(22)14-9-7-13(8-10-14)11-32(26,30-5)31-6/h7-10,12,15-16H,11H2,1-6H3,(H,21,22)/t12-,16-/m1/s1. The molecule has 32 heavy (non-hydrogen) atoms. The Morgan fingerprint density at radius 3 is 1.72 bits per heavy atom. The molecule has 0 saturated heterocycles. The lowest BCUT2D eigenvalue weighted by Crippen LogP contribution is -2.51. The largest absolute Gasteiger partial charge is 0.468 e. The molecule has 0 fully saturated rings. The molecule has 11 nitrogen and oxygen atoms in total. The minimum absolute atomic E-state index is 0.00363. The Kier molecular flexibility index (Phi) is 10.5. The molecule has 1 aromatic rings. The van der Waals surface area contributed by atoms with Gasteiger partial charge in [-0.15, -0.1) is 0 Å². The Bertz CT molecular complexity index is 846. The zero-order chi connectivity index (χ0) is 24.5. The molecule has 1 amide bonds. The van der Waals surface area contributed by atoms with Gasteiger partial charge in [-0.25, -0.2) is 4.79 Å². The number of nitrogens with one attached hydrogen (secondary N) is 1. The van der Waals surface area contributed by atoms with Gasteiger partial charge >= 0.3 is 25.5 Å². The van der Waals surface area contributed by atoms with E-state index in [1.165, 1.54) is 33.3 Å². The van der Waals surface area contributed by atoms with Gasteiger partial charge in [-0.3, -0.25) is 18.9 Å². The van der Waals surface area contributed by atoms with Gasteiger partial charge in [0.1, 0.15) is 6.04 Å². The Labute approximate surface area is 186 Å². The van der Waals surface area contributed by atoms with Crippen LogP contribution in [-0.2, 0) is 48.4 Å². The molecule has 1 N–H and O–H groups in total. The lowest BCUT2D eigenvalue weighted by atomic mass is 9.87. The normalized spacial score (nSPS) is 13.1. The van der Waals surface area contributed by atoms with Crippen LogP contribution < -0.4 is 5.32 Å². The minimum atomic E-state index is -3.28. The summed E-state index contributed by atoms with van der Waals surface area (Å²) in [6, 6.07) is 4.68. The van der Waals surface area contributed by atoms with E-state index in [2.05, 4.69) is 14.8 Å². The molecule has 0 unspecified atom stereocenters. The van der Waals surface area contributed by atoms with E-state index in [1.54, 1.807) is 12.1 Å². The van der Waals surface area contributed by atoms with Crippen molar-refractivity contribution in [3.05, 3.63) is 35.4 Å². The fourth-order valence-electron chi connectivity index (χ4n) is 2.92. The number of carbonyl (C=O) groups excluding carboxylic acids is 4. The van der Waals surface area contributed by atoms with Crippen LogP contribution in [0.25, 0.3) is 0 Å². The number of amides is 1. The maximum Gasteiger partial charge on any atom is 0.334 e. The molecule has 2 atom stereocenters. The van der Waals surface area contributed by atoms with Crippen molar-refractivity contribution in [2.75, 3.05) is 35.5 Å². The van der Waals surface area contributed by atoms with Crippen LogP contribution >= 0.6 is 7.60 Å². The molecule has 178 valence electrons. The van der Waals surface area contributed by atoms with Crippen molar-refractivity contribution < 1.29 is 47.0 Å². The van der Waals surface area contributed by atoms with Gasteiger partial charge in [-0.1, -0.05) is 19.1 Å². The highest BCUT2D eigenvalue weighted by atomic mass is 31.2. The van der Waals surface area contributed by atoms with E-state index in [-0.39, 0.29) is 11.7 Å². The molecule has 12 heteroatoms. The number of methoxy groups -OCH3 is 3. The van der Waals surface area contributed by atoms with Crippen molar-refractivity contribution in [3.8, 4) is 0 Å². The molecule has 0 spiro atoms. The molecule has 0 aliphatic carbocycles. The Balaban J connectivity index is 3.10. The van der Waals surface area contributed by atoms with E-state index in [1.807, 2.05) is 0 Å². The predicted molar refractivity (Wildman–Crippen MR) is 112 cm³/mol. The fraction of sp³-hybridized carbons (Fsp3) is 0.500. The number of ether oxygens (including phenoxy) is 3. The Morgan fingerprint density at radius 1 is 0.844 bits per heavy atom. The molecular weight excluding hydrogens is 445 g/mol. The molecule has 0 heterocycles. The first-order valence-corrected chi connectivity index (χ1v) is 11.1. The molecular formula is C20H28NO10P. The number of hydrogen-bond acceptors (Lipinski definition) is 10. The van der Waals surface area contributed by atoms with Crippen molar-refractivity contribution in [1.82, 2.24) is 5.32 Å². The lowest BCUT2D eigenvalue weighted by Gasteiger charge is -2.27. The maximum atomic E-state index is 12.7. The summed E-state index contributed by atoms with van der Waals surface area (Å²) >= 11 is 0. The summed E-state index contributed by atoms with van der Waals surface area (Å²) in [5, 5.41) is 2.48. The first-order valence-electron chi connectivity index (χ1n) is 9.41. The summed E-state index contributed by atoms with van der Waals surface area (Å²) in [6.07, 6.45) is 0.00363. The van der Waals surface area contributed by atoms with Gasteiger partial charge in [0.25, 0.3) is 5.91 Å². The molecule has 0 aliphatic rings. The van der Waals surface area contributed by atoms with Crippen molar-refractivity contribution in [1.29, 1.82) is 0 Å². The van der Waals surface area contributed by atoms with Crippen LogP contribution in [0.2, 0.25) is 0 Å². The second-order valence-corrected chi connectivity index (χ2v) is 8.96. The van der Waals surface area contributed by atoms with E-state index in [4.69, 9.17) is 13.8 Å². The average molecular weight is 473 g/mol. The molecule has 0 aromatic heterocycles. The highest BCUT2D eigenvalue weighted by Crippen LogP contribution is 2.49. The summed E-state index contributed by atoms with van der Waals surface area (Å²) in [5.41, 5.74) is 0.773. The summed E-state index contributed by atoms with van der Waals surface area (Å²) in [6.45, 7) is 1.41. The van der Waals surface area contributed by atoms with Crippen LogP contribution in [0.15, 0.2) is 24.3 Å². The number of esters is 3. The lowest BCUT2D eigenvalue weighted by molar-refractivity contribution is -0.163. The number of rotatable bonds is 11. The zero-order valence-corrected chi connectivity index (χ0v) is 19.7. The first-order chi connectivity index (χ1) is 15.1. The van der Waals surface area contributed by atoms with Crippen molar-refractivity contribution in [2.45, 2.75) is 19.1 Å². The molecule has 0 bridgehead atoms. The van der Waals surface area contributed by atoms with Crippen LogP contribution in [0.4, 0.5) is 0 Å². The van der Waals surface area contributed by atoms with Gasteiger partial charge in [0.2, 0.25) is 0 Å². The fourth-order valence-corrected chi connectivity index (χ4v) is 3.98. The van der Waals surface area contributed by atoms with Gasteiger partial charge < -0.3 is 28.6 Å². The van der Waals surface area contributed by atoms with Gasteiger partial charge in [-0.2, -0.15) is 0 Å². The quantitative estimate of drug-likeness (QED) is 0.217. The van der Waals surface area contributed by atoms with E-state index in [9.17, 15) is 23.7 Å². The van der Waals surface area contributed by atoms with Crippen LogP contribution in [0.1, 0.15) is 22.8 Å². The van der Waals surface area contributed by atoms with Crippen LogP contribution in [0.3, 0.4) is 0 Å². The second kappa shape index (κ2) is 12.3. The molecule has 1 rings (SSSR count).